The molecule has 0 unspecified atom stereocenters. The van der Waals surface area contributed by atoms with Crippen LogP contribution in [0.1, 0.15) is 54.8 Å². The molecule has 0 bridgehead atoms. The molecule has 0 saturated carbocycles. The summed E-state index contributed by atoms with van der Waals surface area (Å²) in [6.07, 6.45) is 3.67. The number of nitrogens with one attached hydrogen (secondary N) is 1. The molecule has 1 aromatic heterocycles. The highest BCUT2D eigenvalue weighted by Gasteiger charge is 2.23. The first-order valence-electron chi connectivity index (χ1n) is 12.6. The molecule has 188 valence electrons. The second-order valence-corrected chi connectivity index (χ2v) is 8.96. The van der Waals surface area contributed by atoms with Crippen molar-refractivity contribution in [3.05, 3.63) is 59.9 Å². The van der Waals surface area contributed by atoms with E-state index in [0.29, 0.717) is 32.1 Å². The third kappa shape index (κ3) is 6.99. The Morgan fingerprint density at radius 3 is 2.86 bits per heavy atom. The Bertz CT molecular complexity index is 1060. The predicted molar refractivity (Wildman–Crippen MR) is 136 cm³/mol. The normalized spacial score (nSPS) is 15.1. The lowest BCUT2D eigenvalue weighted by molar-refractivity contribution is 0.0150. The minimum Gasteiger partial charge on any atom is -0.494 e. The van der Waals surface area contributed by atoms with Gasteiger partial charge in [-0.05, 0) is 63.2 Å². The van der Waals surface area contributed by atoms with E-state index in [2.05, 4.69) is 24.2 Å². The topological polar surface area (TPSA) is 73.2 Å². The SMILES string of the molecule is CCCN(C)CCO[C@H]1CCOc2ccc(OCCCCNC(=O)c3cc4ccccc4o3)cc21. The van der Waals surface area contributed by atoms with Crippen molar-refractivity contribution in [1.82, 2.24) is 10.2 Å². The molecule has 35 heavy (non-hydrogen) atoms. The summed E-state index contributed by atoms with van der Waals surface area (Å²) in [6.45, 7) is 6.70. The fourth-order valence-electron chi connectivity index (χ4n) is 4.25. The summed E-state index contributed by atoms with van der Waals surface area (Å²) in [5, 5.41) is 3.84. The lowest BCUT2D eigenvalue weighted by Crippen LogP contribution is -2.26. The van der Waals surface area contributed by atoms with Gasteiger partial charge in [0.25, 0.3) is 5.91 Å². The minimum atomic E-state index is -0.191. The van der Waals surface area contributed by atoms with Crippen LogP contribution < -0.4 is 14.8 Å². The van der Waals surface area contributed by atoms with Crippen molar-refractivity contribution in [3.63, 3.8) is 0 Å². The maximum absolute atomic E-state index is 12.3. The van der Waals surface area contributed by atoms with Gasteiger partial charge < -0.3 is 28.8 Å². The number of unbranched alkanes of at least 4 members (excludes halogenated alkanes) is 1. The zero-order valence-electron chi connectivity index (χ0n) is 20.8. The first-order valence-corrected chi connectivity index (χ1v) is 12.6. The average molecular weight is 481 g/mol. The Labute approximate surface area is 207 Å². The number of carbonyl (C=O) groups excluding carboxylic acids is 1. The van der Waals surface area contributed by atoms with Gasteiger partial charge in [-0.25, -0.2) is 0 Å². The number of likely N-dealkylation sites (N-methyl/N-ethyl adjacent to an activating group) is 1. The lowest BCUT2D eigenvalue weighted by atomic mass is 10.0. The van der Waals surface area contributed by atoms with Crippen molar-refractivity contribution in [3.8, 4) is 11.5 Å². The van der Waals surface area contributed by atoms with E-state index in [-0.39, 0.29) is 12.0 Å². The second kappa shape index (κ2) is 12.6. The van der Waals surface area contributed by atoms with E-state index in [4.69, 9.17) is 18.6 Å². The van der Waals surface area contributed by atoms with Crippen LogP contribution in [0.3, 0.4) is 0 Å². The first kappa shape index (κ1) is 25.1. The molecule has 0 radical (unpaired) electrons. The molecule has 0 saturated heterocycles. The van der Waals surface area contributed by atoms with Crippen LogP contribution in [-0.4, -0.2) is 57.3 Å². The van der Waals surface area contributed by atoms with Crippen molar-refractivity contribution in [1.29, 1.82) is 0 Å². The number of amides is 1. The number of para-hydroxylation sites is 1. The van der Waals surface area contributed by atoms with E-state index in [9.17, 15) is 4.79 Å². The number of carbonyl (C=O) groups is 1. The highest BCUT2D eigenvalue weighted by molar-refractivity contribution is 5.96. The van der Waals surface area contributed by atoms with Gasteiger partial charge in [-0.1, -0.05) is 25.1 Å². The molecule has 3 aromatic rings. The number of ether oxygens (including phenoxy) is 3. The smallest absolute Gasteiger partial charge is 0.287 e. The quantitative estimate of drug-likeness (QED) is 0.339. The number of hydrogen-bond donors (Lipinski definition) is 1. The highest BCUT2D eigenvalue weighted by atomic mass is 16.5. The van der Waals surface area contributed by atoms with E-state index in [1.807, 2.05) is 42.5 Å². The summed E-state index contributed by atoms with van der Waals surface area (Å²) in [5.74, 6) is 1.84. The van der Waals surface area contributed by atoms with Crippen LogP contribution in [-0.2, 0) is 4.74 Å². The van der Waals surface area contributed by atoms with Gasteiger partial charge in [0.1, 0.15) is 17.1 Å². The van der Waals surface area contributed by atoms with Crippen molar-refractivity contribution in [2.45, 2.75) is 38.7 Å². The number of nitrogens with zero attached hydrogens (tertiary/aromatic N) is 1. The van der Waals surface area contributed by atoms with E-state index in [1.54, 1.807) is 6.07 Å². The number of furan rings is 1. The zero-order chi connectivity index (χ0) is 24.5. The van der Waals surface area contributed by atoms with Gasteiger partial charge in [0.05, 0.1) is 25.9 Å². The Balaban J connectivity index is 1.18. The molecule has 2 aromatic carbocycles. The summed E-state index contributed by atoms with van der Waals surface area (Å²) in [4.78, 5) is 14.6. The van der Waals surface area contributed by atoms with E-state index in [0.717, 1.165) is 66.8 Å². The van der Waals surface area contributed by atoms with Crippen molar-refractivity contribution in [2.75, 3.05) is 46.5 Å². The second-order valence-electron chi connectivity index (χ2n) is 8.96. The van der Waals surface area contributed by atoms with E-state index >= 15 is 0 Å². The number of hydrogen-bond acceptors (Lipinski definition) is 6. The highest BCUT2D eigenvalue weighted by Crippen LogP contribution is 2.37. The predicted octanol–water partition coefficient (Wildman–Crippen LogP) is 5.20. The van der Waals surface area contributed by atoms with Crippen LogP contribution in [0.5, 0.6) is 11.5 Å². The maximum atomic E-state index is 12.3. The van der Waals surface area contributed by atoms with Crippen LogP contribution >= 0.6 is 0 Å². The van der Waals surface area contributed by atoms with Crippen LogP contribution in [0, 0.1) is 0 Å². The van der Waals surface area contributed by atoms with Gasteiger partial charge in [-0.3, -0.25) is 4.79 Å². The molecule has 7 nitrogen and oxygen atoms in total. The van der Waals surface area contributed by atoms with Gasteiger partial charge in [0.15, 0.2) is 5.76 Å². The van der Waals surface area contributed by atoms with Crippen LogP contribution in [0.15, 0.2) is 52.9 Å². The fraction of sp³-hybridized carbons (Fsp3) is 0.464. The number of benzene rings is 2. The summed E-state index contributed by atoms with van der Waals surface area (Å²) >= 11 is 0. The monoisotopic (exact) mass is 480 g/mol. The van der Waals surface area contributed by atoms with Gasteiger partial charge in [0.2, 0.25) is 0 Å². The Morgan fingerprint density at radius 2 is 2.00 bits per heavy atom. The fourth-order valence-corrected chi connectivity index (χ4v) is 4.25. The Kier molecular flexibility index (Phi) is 9.03. The standard InChI is InChI=1S/C28H36N2O5/c1-3-14-30(2)15-18-34-26-12-17-33-25-11-10-22(20-23(25)26)32-16-7-6-13-29-28(31)27-19-21-8-4-5-9-24(21)35-27/h4-5,8-11,19-20,26H,3,6-7,12-18H2,1-2H3,(H,29,31)/t26-/m0/s1. The van der Waals surface area contributed by atoms with Crippen molar-refractivity contribution >= 4 is 16.9 Å². The minimum absolute atomic E-state index is 0.0331. The van der Waals surface area contributed by atoms with Crippen LogP contribution in [0.4, 0.5) is 0 Å². The summed E-state index contributed by atoms with van der Waals surface area (Å²) < 4.78 is 23.6. The van der Waals surface area contributed by atoms with E-state index in [1.165, 1.54) is 0 Å². The molecule has 1 atom stereocenters. The molecule has 1 amide bonds. The molecule has 1 aliphatic rings. The molecule has 1 aliphatic heterocycles. The van der Waals surface area contributed by atoms with Gasteiger partial charge in [-0.2, -0.15) is 0 Å². The average Bonchev–Trinajstić information content (AvgIpc) is 3.31. The summed E-state index contributed by atoms with van der Waals surface area (Å²) in [7, 11) is 2.13. The molecular formula is C28H36N2O5. The third-order valence-corrected chi connectivity index (χ3v) is 6.14. The van der Waals surface area contributed by atoms with Crippen molar-refractivity contribution < 1.29 is 23.4 Å². The van der Waals surface area contributed by atoms with Gasteiger partial charge in [-0.15, -0.1) is 0 Å². The number of rotatable bonds is 13. The third-order valence-electron chi connectivity index (χ3n) is 6.14. The first-order chi connectivity index (χ1) is 17.1. The van der Waals surface area contributed by atoms with E-state index < -0.39 is 0 Å². The van der Waals surface area contributed by atoms with Crippen LogP contribution in [0.2, 0.25) is 0 Å². The lowest BCUT2D eigenvalue weighted by Gasteiger charge is -2.27. The van der Waals surface area contributed by atoms with Gasteiger partial charge >= 0.3 is 0 Å². The molecule has 0 spiro atoms. The molecule has 2 heterocycles. The molecule has 7 heteroatoms. The summed E-state index contributed by atoms with van der Waals surface area (Å²) in [6, 6.07) is 15.3. The van der Waals surface area contributed by atoms with Crippen LogP contribution in [0.25, 0.3) is 11.0 Å². The molecule has 4 rings (SSSR count). The molecule has 0 aliphatic carbocycles. The molecular weight excluding hydrogens is 444 g/mol. The number of fused-ring (bicyclic) bond motifs is 2. The van der Waals surface area contributed by atoms with Gasteiger partial charge in [0, 0.05) is 30.5 Å². The molecule has 1 N–H and O–H groups in total. The Hall–Kier alpha value is -3.03. The zero-order valence-corrected chi connectivity index (χ0v) is 20.8. The summed E-state index contributed by atoms with van der Waals surface area (Å²) in [5.41, 5.74) is 1.78. The largest absolute Gasteiger partial charge is 0.494 e. The van der Waals surface area contributed by atoms with Crippen molar-refractivity contribution in [2.24, 2.45) is 0 Å². The molecule has 0 fully saturated rings. The maximum Gasteiger partial charge on any atom is 0.287 e. The Morgan fingerprint density at radius 1 is 1.11 bits per heavy atom.